The Kier molecular flexibility index (Phi) is 16.2. The van der Waals surface area contributed by atoms with Crippen LogP contribution in [0.5, 0.6) is 23.0 Å². The van der Waals surface area contributed by atoms with Gasteiger partial charge in [-0.1, -0.05) is 164 Å². The molecule has 0 heterocycles. The largest absolute Gasteiger partial charge is 0.497 e. The lowest BCUT2D eigenvalue weighted by molar-refractivity contribution is -0.0581. The molecule has 0 fully saturated rings. The molecule has 1 aliphatic carbocycles. The molecule has 0 spiro atoms. The summed E-state index contributed by atoms with van der Waals surface area (Å²) in [5.41, 5.74) is 8.32. The van der Waals surface area contributed by atoms with Crippen molar-refractivity contribution in [1.29, 1.82) is 0 Å². The van der Waals surface area contributed by atoms with Gasteiger partial charge >= 0.3 is 6.09 Å². The van der Waals surface area contributed by atoms with Crippen LogP contribution in [0.25, 0.3) is 11.1 Å². The minimum absolute atomic E-state index is 0.0171. The van der Waals surface area contributed by atoms with Crippen molar-refractivity contribution in [1.82, 2.24) is 5.32 Å². The standard InChI is InChI=1S/C64H63NO8/c1-67-53-34-26-49(27-35-53)63(47-18-7-5-8-19-47,50-28-36-54(68-2)37-29-50)72-43-46(17-15-16-42-65-62(66)71-45-61-59-24-13-11-22-57(59)58-23-12-14-25-60(58)61)44-73-64(48-20-9-6-10-21-48,51-30-38-55(69-3)39-31-51)52-32-40-56(70-4)41-33-52/h5-14,18-41,46,61H,15-17,42-45H2,1-4H3,(H,65,66). The highest BCUT2D eigenvalue weighted by Gasteiger charge is 2.41. The van der Waals surface area contributed by atoms with E-state index in [-0.39, 0.29) is 18.4 Å². The minimum atomic E-state index is -1.05. The summed E-state index contributed by atoms with van der Waals surface area (Å²) < 4.78 is 43.6. The maximum absolute atomic E-state index is 13.3. The quantitative estimate of drug-likeness (QED) is 0.0500. The number of hydrogen-bond donors (Lipinski definition) is 1. The van der Waals surface area contributed by atoms with E-state index >= 15 is 0 Å². The molecule has 9 rings (SSSR count). The SMILES string of the molecule is COc1ccc(C(OCC(CCCCNC(=O)OCC2c3ccccc3-c3ccccc32)COC(c2ccccc2)(c2ccc(OC)cc2)c2ccc(OC)cc2)(c2ccccc2)c2ccc(OC)cc2)cc1. The molecule has 9 heteroatoms. The van der Waals surface area contributed by atoms with Gasteiger partial charge in [-0.25, -0.2) is 4.79 Å². The van der Waals surface area contributed by atoms with Crippen LogP contribution in [-0.2, 0) is 25.4 Å². The molecule has 372 valence electrons. The van der Waals surface area contributed by atoms with E-state index in [9.17, 15) is 4.79 Å². The number of rotatable bonds is 23. The van der Waals surface area contributed by atoms with Crippen molar-refractivity contribution < 1.29 is 38.0 Å². The van der Waals surface area contributed by atoms with E-state index in [4.69, 9.17) is 33.2 Å². The summed E-state index contributed by atoms with van der Waals surface area (Å²) in [4.78, 5) is 13.3. The second kappa shape index (κ2) is 23.6. The number of carbonyl (C=O) groups is 1. The second-order valence-corrected chi connectivity index (χ2v) is 18.2. The molecule has 0 bridgehead atoms. The Morgan fingerprint density at radius 1 is 0.438 bits per heavy atom. The van der Waals surface area contributed by atoms with E-state index in [1.54, 1.807) is 28.4 Å². The number of alkyl carbamates (subject to hydrolysis) is 1. The zero-order chi connectivity index (χ0) is 50.5. The first-order chi connectivity index (χ1) is 35.9. The summed E-state index contributed by atoms with van der Waals surface area (Å²) in [6, 6.07) is 69.8. The third kappa shape index (κ3) is 10.8. The first-order valence-electron chi connectivity index (χ1n) is 25.0. The first kappa shape index (κ1) is 50.1. The number of fused-ring (bicyclic) bond motifs is 3. The number of methoxy groups -OCH3 is 4. The smallest absolute Gasteiger partial charge is 0.407 e. The molecule has 0 aliphatic heterocycles. The van der Waals surface area contributed by atoms with Gasteiger partial charge in [0.25, 0.3) is 0 Å². The fourth-order valence-corrected chi connectivity index (χ4v) is 10.2. The number of hydrogen-bond acceptors (Lipinski definition) is 8. The molecule has 1 amide bonds. The molecule has 1 N–H and O–H groups in total. The Bertz CT molecular complexity index is 2710. The molecule has 8 aromatic carbocycles. The average molecular weight is 974 g/mol. The third-order valence-corrected chi connectivity index (χ3v) is 14.1. The zero-order valence-electron chi connectivity index (χ0n) is 42.0. The third-order valence-electron chi connectivity index (χ3n) is 14.1. The van der Waals surface area contributed by atoms with Gasteiger partial charge in [0.2, 0.25) is 0 Å². The fourth-order valence-electron chi connectivity index (χ4n) is 10.2. The van der Waals surface area contributed by atoms with Crippen molar-refractivity contribution in [3.63, 3.8) is 0 Å². The Hall–Kier alpha value is -7.85. The van der Waals surface area contributed by atoms with Crippen molar-refractivity contribution in [3.8, 4) is 34.1 Å². The van der Waals surface area contributed by atoms with Crippen LogP contribution in [0.15, 0.2) is 206 Å². The lowest BCUT2D eigenvalue weighted by Crippen LogP contribution is -2.38. The minimum Gasteiger partial charge on any atom is -0.497 e. The van der Waals surface area contributed by atoms with Crippen LogP contribution in [0, 0.1) is 5.92 Å². The first-order valence-corrected chi connectivity index (χ1v) is 25.0. The van der Waals surface area contributed by atoms with Gasteiger partial charge in [0, 0.05) is 18.4 Å². The molecule has 0 saturated carbocycles. The summed E-state index contributed by atoms with van der Waals surface area (Å²) in [6.07, 6.45) is 1.78. The van der Waals surface area contributed by atoms with Crippen LogP contribution in [-0.4, -0.2) is 60.9 Å². The Labute approximate surface area is 429 Å². The fraction of sp³-hybridized carbons (Fsp3) is 0.234. The summed E-state index contributed by atoms with van der Waals surface area (Å²) in [5.74, 6) is 2.81. The molecule has 9 nitrogen and oxygen atoms in total. The molecule has 0 atom stereocenters. The van der Waals surface area contributed by atoms with E-state index in [0.29, 0.717) is 26.2 Å². The van der Waals surface area contributed by atoms with Crippen molar-refractivity contribution in [3.05, 3.63) is 251 Å². The summed E-state index contributed by atoms with van der Waals surface area (Å²) in [5, 5.41) is 3.04. The number of unbranched alkanes of at least 4 members (excludes halogenated alkanes) is 1. The average Bonchev–Trinajstić information content (AvgIpc) is 3.78. The highest BCUT2D eigenvalue weighted by molar-refractivity contribution is 5.79. The van der Waals surface area contributed by atoms with Crippen LogP contribution in [0.4, 0.5) is 4.79 Å². The molecule has 73 heavy (non-hydrogen) atoms. The molecule has 0 unspecified atom stereocenters. The van der Waals surface area contributed by atoms with Gasteiger partial charge < -0.3 is 38.5 Å². The predicted octanol–water partition coefficient (Wildman–Crippen LogP) is 13.4. The Morgan fingerprint density at radius 2 is 0.781 bits per heavy atom. The lowest BCUT2D eigenvalue weighted by atomic mass is 9.79. The normalized spacial score (nSPS) is 12.2. The number of benzene rings is 8. The maximum Gasteiger partial charge on any atom is 0.407 e. The molecule has 8 aromatic rings. The van der Waals surface area contributed by atoms with Crippen LogP contribution in [0.3, 0.4) is 0 Å². The predicted molar refractivity (Wildman–Crippen MR) is 287 cm³/mol. The highest BCUT2D eigenvalue weighted by atomic mass is 16.5. The van der Waals surface area contributed by atoms with Crippen molar-refractivity contribution >= 4 is 6.09 Å². The van der Waals surface area contributed by atoms with Crippen LogP contribution in [0.2, 0.25) is 0 Å². The van der Waals surface area contributed by atoms with Crippen LogP contribution < -0.4 is 24.3 Å². The van der Waals surface area contributed by atoms with E-state index in [1.165, 1.54) is 22.3 Å². The van der Waals surface area contributed by atoms with Gasteiger partial charge in [-0.3, -0.25) is 0 Å². The number of nitrogens with one attached hydrogen (secondary N) is 1. The van der Waals surface area contributed by atoms with E-state index in [1.807, 2.05) is 97.1 Å². The van der Waals surface area contributed by atoms with Gasteiger partial charge in [0.1, 0.15) is 40.8 Å². The zero-order valence-corrected chi connectivity index (χ0v) is 42.0. The second-order valence-electron chi connectivity index (χ2n) is 18.2. The van der Waals surface area contributed by atoms with Crippen molar-refractivity contribution in [2.45, 2.75) is 36.4 Å². The lowest BCUT2D eigenvalue weighted by Gasteiger charge is -2.39. The van der Waals surface area contributed by atoms with Gasteiger partial charge in [0.15, 0.2) is 0 Å². The Morgan fingerprint density at radius 3 is 1.15 bits per heavy atom. The van der Waals surface area contributed by atoms with Gasteiger partial charge in [0.05, 0.1) is 41.7 Å². The van der Waals surface area contributed by atoms with Crippen molar-refractivity contribution in [2.75, 3.05) is 54.8 Å². The van der Waals surface area contributed by atoms with Crippen LogP contribution >= 0.6 is 0 Å². The molecular formula is C64H63NO8. The Balaban J connectivity index is 1.02. The summed E-state index contributed by atoms with van der Waals surface area (Å²) >= 11 is 0. The monoisotopic (exact) mass is 973 g/mol. The van der Waals surface area contributed by atoms with Crippen LogP contribution in [0.1, 0.15) is 69.7 Å². The highest BCUT2D eigenvalue weighted by Crippen LogP contribution is 2.46. The molecule has 0 radical (unpaired) electrons. The summed E-state index contributed by atoms with van der Waals surface area (Å²) in [6.45, 7) is 1.32. The van der Waals surface area contributed by atoms with Gasteiger partial charge in [-0.05, 0) is 117 Å². The van der Waals surface area contributed by atoms with Gasteiger partial charge in [-0.15, -0.1) is 0 Å². The topological polar surface area (TPSA) is 93.7 Å². The molecule has 0 aromatic heterocycles. The van der Waals surface area contributed by atoms with E-state index in [2.05, 4.69) is 115 Å². The molecular weight excluding hydrogens is 911 g/mol. The maximum atomic E-state index is 13.3. The molecule has 0 saturated heterocycles. The summed E-state index contributed by atoms with van der Waals surface area (Å²) in [7, 11) is 6.69. The number of amides is 1. The van der Waals surface area contributed by atoms with Crippen molar-refractivity contribution in [2.24, 2.45) is 5.92 Å². The van der Waals surface area contributed by atoms with E-state index < -0.39 is 17.3 Å². The van der Waals surface area contributed by atoms with E-state index in [0.717, 1.165) is 69.2 Å². The van der Waals surface area contributed by atoms with Gasteiger partial charge in [-0.2, -0.15) is 0 Å². The number of ether oxygens (including phenoxy) is 7. The molecule has 1 aliphatic rings. The number of carbonyl (C=O) groups excluding carboxylic acids is 1.